The second kappa shape index (κ2) is 4.45. The average Bonchev–Trinajstić information content (AvgIpc) is 2.16. The molecule has 1 aliphatic rings. The maximum atomic E-state index is 13.0. The second-order valence-corrected chi connectivity index (χ2v) is 5.81. The van der Waals surface area contributed by atoms with Crippen molar-refractivity contribution in [1.29, 1.82) is 0 Å². The van der Waals surface area contributed by atoms with Crippen molar-refractivity contribution in [2.45, 2.75) is 24.0 Å². The number of amidine groups is 1. The van der Waals surface area contributed by atoms with E-state index < -0.39 is 0 Å². The van der Waals surface area contributed by atoms with Gasteiger partial charge in [-0.05, 0) is 24.1 Å². The van der Waals surface area contributed by atoms with Crippen LogP contribution in [0.2, 0.25) is 0 Å². The van der Waals surface area contributed by atoms with Crippen LogP contribution in [0.5, 0.6) is 0 Å². The molecule has 0 aliphatic carbocycles. The molecular formula is C10H11FN2S2. The van der Waals surface area contributed by atoms with Crippen LogP contribution >= 0.6 is 23.7 Å². The predicted octanol–water partition coefficient (Wildman–Crippen LogP) is 3.57. The number of fused-ring (bicyclic) bond motifs is 1. The number of nitrogens with one attached hydrogen (secondary N) is 1. The van der Waals surface area contributed by atoms with Gasteiger partial charge in [0, 0.05) is 11.3 Å². The van der Waals surface area contributed by atoms with Gasteiger partial charge >= 0.3 is 0 Å². The Kier molecular flexibility index (Phi) is 3.21. The van der Waals surface area contributed by atoms with Gasteiger partial charge in [-0.25, -0.2) is 9.38 Å². The first-order chi connectivity index (χ1) is 7.15. The first-order valence-electron chi connectivity index (χ1n) is 4.63. The van der Waals surface area contributed by atoms with E-state index in [2.05, 4.69) is 23.6 Å². The Morgan fingerprint density at radius 3 is 3.00 bits per heavy atom. The van der Waals surface area contributed by atoms with Crippen LogP contribution in [0, 0.1) is 5.82 Å². The lowest BCUT2D eigenvalue weighted by Gasteiger charge is -2.16. The fourth-order valence-corrected chi connectivity index (χ4v) is 2.67. The maximum absolute atomic E-state index is 13.0. The van der Waals surface area contributed by atoms with Gasteiger partial charge in [0.2, 0.25) is 0 Å². The van der Waals surface area contributed by atoms with Gasteiger partial charge in [0.25, 0.3) is 0 Å². The van der Waals surface area contributed by atoms with Crippen LogP contribution in [0.25, 0.3) is 0 Å². The fraction of sp³-hybridized carbons (Fsp3) is 0.300. The van der Waals surface area contributed by atoms with Gasteiger partial charge < -0.3 is 4.72 Å². The summed E-state index contributed by atoms with van der Waals surface area (Å²) in [5, 5.41) is 1.31. The number of thioether (sulfide) groups is 1. The second-order valence-electron chi connectivity index (χ2n) is 3.40. The van der Waals surface area contributed by atoms with Crippen LogP contribution in [-0.2, 0) is 0 Å². The van der Waals surface area contributed by atoms with Crippen molar-refractivity contribution < 1.29 is 4.39 Å². The highest BCUT2D eigenvalue weighted by molar-refractivity contribution is 8.16. The van der Waals surface area contributed by atoms with E-state index in [9.17, 15) is 4.39 Å². The minimum Gasteiger partial charge on any atom is -0.305 e. The summed E-state index contributed by atoms with van der Waals surface area (Å²) >= 11 is 3.12. The molecule has 5 heteroatoms. The molecule has 0 unspecified atom stereocenters. The highest BCUT2D eigenvalue weighted by Crippen LogP contribution is 2.34. The molecule has 80 valence electrons. The van der Waals surface area contributed by atoms with Crippen LogP contribution in [0.15, 0.2) is 28.1 Å². The van der Waals surface area contributed by atoms with E-state index in [4.69, 9.17) is 0 Å². The van der Waals surface area contributed by atoms with E-state index >= 15 is 0 Å². The Morgan fingerprint density at radius 2 is 2.27 bits per heavy atom. The molecule has 1 aromatic rings. The predicted molar refractivity (Wildman–Crippen MR) is 65.2 cm³/mol. The minimum absolute atomic E-state index is 0.242. The number of benzene rings is 1. The molecule has 2 nitrogen and oxygen atoms in total. The third-order valence-electron chi connectivity index (χ3n) is 1.74. The van der Waals surface area contributed by atoms with Crippen molar-refractivity contribution in [3.05, 3.63) is 24.0 Å². The summed E-state index contributed by atoms with van der Waals surface area (Å²) < 4.78 is 16.1. The highest BCUT2D eigenvalue weighted by Gasteiger charge is 2.14. The van der Waals surface area contributed by atoms with E-state index in [0.717, 1.165) is 10.1 Å². The third-order valence-corrected chi connectivity index (χ3v) is 3.62. The topological polar surface area (TPSA) is 24.4 Å². The Morgan fingerprint density at radius 1 is 1.47 bits per heavy atom. The molecule has 0 aromatic heterocycles. The number of aliphatic imine (C=N–C) groups is 1. The summed E-state index contributed by atoms with van der Waals surface area (Å²) in [6, 6.07) is 4.65. The lowest BCUT2D eigenvalue weighted by Crippen LogP contribution is -2.16. The fourth-order valence-electron chi connectivity index (χ4n) is 1.17. The molecule has 0 atom stereocenters. The molecule has 0 bridgehead atoms. The zero-order valence-electron chi connectivity index (χ0n) is 8.45. The summed E-state index contributed by atoms with van der Waals surface area (Å²) in [5.74, 6) is -0.242. The van der Waals surface area contributed by atoms with Crippen molar-refractivity contribution in [2.24, 2.45) is 4.99 Å². The van der Waals surface area contributed by atoms with Crippen molar-refractivity contribution in [1.82, 2.24) is 4.72 Å². The van der Waals surface area contributed by atoms with Gasteiger partial charge in [0.05, 0.1) is 10.6 Å². The molecule has 1 N–H and O–H groups in total. The molecule has 0 saturated heterocycles. The van der Waals surface area contributed by atoms with E-state index in [1.165, 1.54) is 24.1 Å². The lowest BCUT2D eigenvalue weighted by molar-refractivity contribution is 0.627. The van der Waals surface area contributed by atoms with Crippen molar-refractivity contribution in [2.75, 3.05) is 0 Å². The summed E-state index contributed by atoms with van der Waals surface area (Å²) in [5.41, 5.74) is 0.710. The van der Waals surface area contributed by atoms with Gasteiger partial charge in [-0.15, -0.1) is 0 Å². The van der Waals surface area contributed by atoms with Crippen LogP contribution in [-0.4, -0.2) is 10.4 Å². The SMILES string of the molecule is CC(C)SC1=Nc2cc(F)ccc2SN1. The molecule has 1 aliphatic heterocycles. The number of hydrogen-bond donors (Lipinski definition) is 1. The Balaban J connectivity index is 2.27. The maximum Gasteiger partial charge on any atom is 0.172 e. The summed E-state index contributed by atoms with van der Waals surface area (Å²) in [6.45, 7) is 4.20. The van der Waals surface area contributed by atoms with E-state index in [0.29, 0.717) is 10.9 Å². The third kappa shape index (κ3) is 2.66. The molecule has 0 saturated carbocycles. The lowest BCUT2D eigenvalue weighted by atomic mass is 10.3. The minimum atomic E-state index is -0.242. The Labute approximate surface area is 96.9 Å². The molecular weight excluding hydrogens is 231 g/mol. The average molecular weight is 242 g/mol. The number of nitrogens with zero attached hydrogens (tertiary/aromatic N) is 1. The van der Waals surface area contributed by atoms with Crippen LogP contribution in [0.4, 0.5) is 10.1 Å². The molecule has 1 aromatic carbocycles. The van der Waals surface area contributed by atoms with Gasteiger partial charge in [-0.1, -0.05) is 25.6 Å². The van der Waals surface area contributed by atoms with Gasteiger partial charge in [-0.2, -0.15) is 0 Å². The first-order valence-corrected chi connectivity index (χ1v) is 6.32. The van der Waals surface area contributed by atoms with Crippen molar-refractivity contribution >= 4 is 34.6 Å². The smallest absolute Gasteiger partial charge is 0.172 e. The van der Waals surface area contributed by atoms with Crippen molar-refractivity contribution in [3.8, 4) is 0 Å². The number of hydrogen-bond acceptors (Lipinski definition) is 4. The molecule has 0 fully saturated rings. The summed E-state index contributed by atoms with van der Waals surface area (Å²) in [4.78, 5) is 5.32. The van der Waals surface area contributed by atoms with Crippen LogP contribution in [0.1, 0.15) is 13.8 Å². The standard InChI is InChI=1S/C10H11FN2S2/c1-6(2)14-10-12-8-5-7(11)3-4-9(8)15-13-10/h3-6H,1-2H3,(H,12,13). The quantitative estimate of drug-likeness (QED) is 0.762. The van der Waals surface area contributed by atoms with Gasteiger partial charge in [0.1, 0.15) is 5.82 Å². The van der Waals surface area contributed by atoms with E-state index in [1.807, 2.05) is 0 Å². The normalized spacial score (nSPS) is 14.5. The molecule has 0 spiro atoms. The van der Waals surface area contributed by atoms with E-state index in [1.54, 1.807) is 17.8 Å². The first kappa shape index (κ1) is 10.8. The Hall–Kier alpha value is -0.680. The van der Waals surface area contributed by atoms with E-state index in [-0.39, 0.29) is 5.82 Å². The largest absolute Gasteiger partial charge is 0.305 e. The zero-order valence-corrected chi connectivity index (χ0v) is 10.1. The van der Waals surface area contributed by atoms with Gasteiger partial charge in [0.15, 0.2) is 5.17 Å². The van der Waals surface area contributed by atoms with Crippen LogP contribution < -0.4 is 4.72 Å². The summed E-state index contributed by atoms with van der Waals surface area (Å²) in [7, 11) is 0. The number of rotatable bonds is 1. The molecule has 2 rings (SSSR count). The van der Waals surface area contributed by atoms with Gasteiger partial charge in [-0.3, -0.25) is 0 Å². The molecule has 1 heterocycles. The summed E-state index contributed by atoms with van der Waals surface area (Å²) in [6.07, 6.45) is 0. The van der Waals surface area contributed by atoms with Crippen LogP contribution in [0.3, 0.4) is 0 Å². The molecule has 0 radical (unpaired) electrons. The highest BCUT2D eigenvalue weighted by atomic mass is 32.2. The van der Waals surface area contributed by atoms with Crippen molar-refractivity contribution in [3.63, 3.8) is 0 Å². The number of halogens is 1. The monoisotopic (exact) mass is 242 g/mol. The molecule has 15 heavy (non-hydrogen) atoms. The zero-order chi connectivity index (χ0) is 10.8. The molecule has 0 amide bonds. The Bertz CT molecular complexity index is 404.